The highest BCUT2D eigenvalue weighted by atomic mass is 32.2. The lowest BCUT2D eigenvalue weighted by molar-refractivity contribution is 0.592. The third-order valence-corrected chi connectivity index (χ3v) is 5.36. The molecule has 0 heterocycles. The van der Waals surface area contributed by atoms with E-state index in [9.17, 15) is 16.8 Å². The molecule has 0 bridgehead atoms. The monoisotopic (exact) mass is 291 g/mol. The summed E-state index contributed by atoms with van der Waals surface area (Å²) < 4.78 is 45.8. The Morgan fingerprint density at radius 1 is 1.11 bits per heavy atom. The molecule has 0 amide bonds. The lowest BCUT2D eigenvalue weighted by Crippen LogP contribution is -2.12. The maximum absolute atomic E-state index is 11.9. The minimum Gasteiger partial charge on any atom is -0.399 e. The zero-order valence-corrected chi connectivity index (χ0v) is 12.0. The SMILES string of the molecule is Cc1cc(S(=O)(=O)CCCS(C)(=O)=O)ccc1N. The Morgan fingerprint density at radius 2 is 1.72 bits per heavy atom. The topological polar surface area (TPSA) is 94.3 Å². The summed E-state index contributed by atoms with van der Waals surface area (Å²) in [4.78, 5) is 0.183. The first-order valence-electron chi connectivity index (χ1n) is 5.38. The Morgan fingerprint density at radius 3 is 2.22 bits per heavy atom. The van der Waals surface area contributed by atoms with Crippen LogP contribution in [0.2, 0.25) is 0 Å². The lowest BCUT2D eigenvalue weighted by Gasteiger charge is -2.06. The number of benzene rings is 1. The van der Waals surface area contributed by atoms with Crippen molar-refractivity contribution >= 4 is 25.4 Å². The van der Waals surface area contributed by atoms with Gasteiger partial charge in [0, 0.05) is 11.9 Å². The zero-order valence-electron chi connectivity index (χ0n) is 10.4. The molecule has 7 heteroatoms. The highest BCUT2D eigenvalue weighted by Gasteiger charge is 2.16. The molecule has 1 aromatic carbocycles. The van der Waals surface area contributed by atoms with Crippen LogP contribution in [0.25, 0.3) is 0 Å². The molecular formula is C11H17NO4S2. The van der Waals surface area contributed by atoms with E-state index in [1.165, 1.54) is 12.1 Å². The zero-order chi connectivity index (χ0) is 14.0. The van der Waals surface area contributed by atoms with Gasteiger partial charge in [0.15, 0.2) is 9.84 Å². The number of nitrogen functional groups attached to an aromatic ring is 1. The minimum atomic E-state index is -3.44. The molecule has 0 fully saturated rings. The largest absolute Gasteiger partial charge is 0.399 e. The van der Waals surface area contributed by atoms with E-state index >= 15 is 0 Å². The Kier molecular flexibility index (Phi) is 4.39. The van der Waals surface area contributed by atoms with E-state index in [1.54, 1.807) is 13.0 Å². The van der Waals surface area contributed by atoms with Crippen LogP contribution in [-0.2, 0) is 19.7 Å². The minimum absolute atomic E-state index is 0.102. The molecule has 0 spiro atoms. The second-order valence-electron chi connectivity index (χ2n) is 4.32. The number of rotatable bonds is 5. The number of aryl methyl sites for hydroxylation is 1. The van der Waals surface area contributed by atoms with Crippen molar-refractivity contribution in [3.63, 3.8) is 0 Å². The highest BCUT2D eigenvalue weighted by molar-refractivity contribution is 7.92. The van der Waals surface area contributed by atoms with Gasteiger partial charge in [-0.15, -0.1) is 0 Å². The smallest absolute Gasteiger partial charge is 0.178 e. The van der Waals surface area contributed by atoms with E-state index in [-0.39, 0.29) is 22.8 Å². The van der Waals surface area contributed by atoms with Crippen LogP contribution in [0.5, 0.6) is 0 Å². The highest BCUT2D eigenvalue weighted by Crippen LogP contribution is 2.18. The maximum atomic E-state index is 11.9. The van der Waals surface area contributed by atoms with E-state index in [1.807, 2.05) is 0 Å². The molecule has 0 atom stereocenters. The Balaban J connectivity index is 2.84. The molecular weight excluding hydrogens is 274 g/mol. The fourth-order valence-corrected chi connectivity index (χ4v) is 3.71. The molecule has 0 unspecified atom stereocenters. The average molecular weight is 291 g/mol. The van der Waals surface area contributed by atoms with Crippen LogP contribution < -0.4 is 5.73 Å². The van der Waals surface area contributed by atoms with Crippen LogP contribution in [0.1, 0.15) is 12.0 Å². The van der Waals surface area contributed by atoms with Gasteiger partial charge in [-0.05, 0) is 37.1 Å². The predicted molar refractivity (Wildman–Crippen MR) is 72.0 cm³/mol. The first-order chi connectivity index (χ1) is 8.12. The van der Waals surface area contributed by atoms with Crippen molar-refractivity contribution < 1.29 is 16.8 Å². The fraction of sp³-hybridized carbons (Fsp3) is 0.455. The van der Waals surface area contributed by atoms with Crippen molar-refractivity contribution in [1.82, 2.24) is 0 Å². The van der Waals surface area contributed by atoms with Gasteiger partial charge in [-0.25, -0.2) is 16.8 Å². The van der Waals surface area contributed by atoms with Gasteiger partial charge < -0.3 is 5.73 Å². The van der Waals surface area contributed by atoms with Crippen LogP contribution in [0.4, 0.5) is 5.69 Å². The first-order valence-corrected chi connectivity index (χ1v) is 9.10. The van der Waals surface area contributed by atoms with E-state index < -0.39 is 19.7 Å². The van der Waals surface area contributed by atoms with Gasteiger partial charge in [0.05, 0.1) is 16.4 Å². The summed E-state index contributed by atoms with van der Waals surface area (Å²) in [6.45, 7) is 1.73. The van der Waals surface area contributed by atoms with Crippen molar-refractivity contribution in [3.8, 4) is 0 Å². The molecule has 18 heavy (non-hydrogen) atoms. The van der Waals surface area contributed by atoms with Gasteiger partial charge in [0.25, 0.3) is 0 Å². The van der Waals surface area contributed by atoms with Crippen molar-refractivity contribution in [2.75, 3.05) is 23.5 Å². The molecule has 0 aliphatic heterocycles. The molecule has 0 aliphatic rings. The quantitative estimate of drug-likeness (QED) is 0.809. The van der Waals surface area contributed by atoms with E-state index in [0.29, 0.717) is 11.3 Å². The fourth-order valence-electron chi connectivity index (χ4n) is 1.47. The second-order valence-corrected chi connectivity index (χ2v) is 8.69. The summed E-state index contributed by atoms with van der Waals surface area (Å²) in [7, 11) is -6.57. The third-order valence-electron chi connectivity index (χ3n) is 2.53. The molecule has 5 nitrogen and oxygen atoms in total. The predicted octanol–water partition coefficient (Wildman–Crippen LogP) is 0.786. The molecule has 0 saturated heterocycles. The van der Waals surface area contributed by atoms with Crippen LogP contribution in [0.15, 0.2) is 23.1 Å². The Labute approximate surface area is 108 Å². The molecule has 1 aromatic rings. The van der Waals surface area contributed by atoms with Gasteiger partial charge in [-0.2, -0.15) is 0 Å². The summed E-state index contributed by atoms with van der Waals surface area (Å²) >= 11 is 0. The summed E-state index contributed by atoms with van der Waals surface area (Å²) in [5.74, 6) is -0.302. The molecule has 0 radical (unpaired) electrons. The van der Waals surface area contributed by atoms with Gasteiger partial charge >= 0.3 is 0 Å². The van der Waals surface area contributed by atoms with Crippen LogP contribution in [-0.4, -0.2) is 34.6 Å². The molecule has 0 aliphatic carbocycles. The third kappa shape index (κ3) is 4.30. The molecule has 102 valence electrons. The second kappa shape index (κ2) is 5.27. The number of hydrogen-bond acceptors (Lipinski definition) is 5. The number of hydrogen-bond donors (Lipinski definition) is 1. The van der Waals surface area contributed by atoms with E-state index in [2.05, 4.69) is 0 Å². The number of sulfone groups is 2. The first kappa shape index (κ1) is 15.0. The standard InChI is InChI=1S/C11H17NO4S2/c1-9-8-10(4-5-11(9)12)18(15,16)7-3-6-17(2,13)14/h4-5,8H,3,6-7,12H2,1-2H3. The Hall–Kier alpha value is -1.08. The molecule has 1 rings (SSSR count). The van der Waals surface area contributed by atoms with Crippen molar-refractivity contribution in [3.05, 3.63) is 23.8 Å². The van der Waals surface area contributed by atoms with Crippen molar-refractivity contribution in [2.45, 2.75) is 18.2 Å². The molecule has 0 saturated carbocycles. The van der Waals surface area contributed by atoms with Crippen LogP contribution >= 0.6 is 0 Å². The molecule has 0 aromatic heterocycles. The van der Waals surface area contributed by atoms with Crippen molar-refractivity contribution in [1.29, 1.82) is 0 Å². The van der Waals surface area contributed by atoms with E-state index in [0.717, 1.165) is 6.26 Å². The normalized spacial score (nSPS) is 12.6. The summed E-state index contributed by atoms with van der Waals surface area (Å²) in [5, 5.41) is 0. The number of nitrogens with two attached hydrogens (primary N) is 1. The van der Waals surface area contributed by atoms with Gasteiger partial charge in [-0.1, -0.05) is 0 Å². The van der Waals surface area contributed by atoms with Gasteiger partial charge in [-0.3, -0.25) is 0 Å². The lowest BCUT2D eigenvalue weighted by atomic mass is 10.2. The van der Waals surface area contributed by atoms with Crippen molar-refractivity contribution in [2.24, 2.45) is 0 Å². The summed E-state index contributed by atoms with van der Waals surface area (Å²) in [6, 6.07) is 4.49. The van der Waals surface area contributed by atoms with Gasteiger partial charge in [0.1, 0.15) is 9.84 Å². The van der Waals surface area contributed by atoms with Crippen LogP contribution in [0.3, 0.4) is 0 Å². The average Bonchev–Trinajstić information content (AvgIpc) is 2.19. The Bertz CT molecular complexity index is 633. The molecule has 2 N–H and O–H groups in total. The number of anilines is 1. The van der Waals surface area contributed by atoms with Crippen LogP contribution in [0, 0.1) is 6.92 Å². The summed E-state index contributed by atoms with van der Waals surface area (Å²) in [5.41, 5.74) is 6.84. The maximum Gasteiger partial charge on any atom is 0.178 e. The van der Waals surface area contributed by atoms with Gasteiger partial charge in [0.2, 0.25) is 0 Å². The summed E-state index contributed by atoms with van der Waals surface area (Å²) in [6.07, 6.45) is 1.19. The van der Waals surface area contributed by atoms with E-state index in [4.69, 9.17) is 5.73 Å².